The Bertz CT molecular complexity index is 461. The zero-order valence-electron chi connectivity index (χ0n) is 11.2. The Morgan fingerprint density at radius 2 is 2.11 bits per heavy atom. The molecule has 2 aromatic rings. The standard InChI is InChI=1S/C14H21N3S/c1-4-11(15-5-2)10(3)18-14-16-12-8-6-7-9-13(12)17-14/h6-11,15H,4-5H2,1-3H3,(H,16,17). The molecule has 2 N–H and O–H groups in total. The normalized spacial score (nSPS) is 14.8. The number of rotatable bonds is 6. The van der Waals surface area contributed by atoms with E-state index in [1.54, 1.807) is 0 Å². The van der Waals surface area contributed by atoms with Crippen molar-refractivity contribution in [3.8, 4) is 0 Å². The van der Waals surface area contributed by atoms with E-state index in [9.17, 15) is 0 Å². The van der Waals surface area contributed by atoms with Crippen molar-refractivity contribution < 1.29 is 0 Å². The minimum absolute atomic E-state index is 0.510. The highest BCUT2D eigenvalue weighted by Gasteiger charge is 2.17. The molecule has 0 saturated heterocycles. The average Bonchev–Trinajstić information content (AvgIpc) is 2.77. The van der Waals surface area contributed by atoms with Crippen molar-refractivity contribution in [2.24, 2.45) is 0 Å². The SMILES string of the molecule is CCNC(CC)C(C)Sc1nc2ccccc2[nH]1. The van der Waals surface area contributed by atoms with E-state index in [0.717, 1.165) is 29.2 Å². The number of nitrogens with zero attached hydrogens (tertiary/aromatic N) is 1. The second-order valence-electron chi connectivity index (χ2n) is 4.45. The van der Waals surface area contributed by atoms with Crippen molar-refractivity contribution in [1.29, 1.82) is 0 Å². The zero-order valence-corrected chi connectivity index (χ0v) is 12.1. The van der Waals surface area contributed by atoms with Crippen LogP contribution in [-0.2, 0) is 0 Å². The molecule has 2 unspecified atom stereocenters. The van der Waals surface area contributed by atoms with Crippen molar-refractivity contribution in [3.63, 3.8) is 0 Å². The number of aromatic amines is 1. The summed E-state index contributed by atoms with van der Waals surface area (Å²) in [5.74, 6) is 0. The topological polar surface area (TPSA) is 40.7 Å². The van der Waals surface area contributed by atoms with Crippen molar-refractivity contribution in [2.45, 2.75) is 43.6 Å². The third-order valence-corrected chi connectivity index (χ3v) is 4.25. The van der Waals surface area contributed by atoms with E-state index < -0.39 is 0 Å². The van der Waals surface area contributed by atoms with Gasteiger partial charge in [-0.25, -0.2) is 4.98 Å². The molecule has 0 aliphatic rings. The predicted octanol–water partition coefficient (Wildman–Crippen LogP) is 3.43. The van der Waals surface area contributed by atoms with Crippen LogP contribution < -0.4 is 5.32 Å². The molecule has 0 aliphatic heterocycles. The lowest BCUT2D eigenvalue weighted by Crippen LogP contribution is -2.35. The van der Waals surface area contributed by atoms with Gasteiger partial charge in [-0.2, -0.15) is 0 Å². The predicted molar refractivity (Wildman–Crippen MR) is 79.2 cm³/mol. The second-order valence-corrected chi connectivity index (χ2v) is 5.82. The molecule has 1 aromatic heterocycles. The van der Waals surface area contributed by atoms with Crippen molar-refractivity contribution in [1.82, 2.24) is 15.3 Å². The molecule has 0 amide bonds. The highest BCUT2D eigenvalue weighted by atomic mass is 32.2. The minimum atomic E-state index is 0.510. The molecule has 0 fully saturated rings. The lowest BCUT2D eigenvalue weighted by molar-refractivity contribution is 0.508. The summed E-state index contributed by atoms with van der Waals surface area (Å²) in [5, 5.41) is 5.05. The number of thioether (sulfide) groups is 1. The van der Waals surface area contributed by atoms with E-state index >= 15 is 0 Å². The van der Waals surface area contributed by atoms with Crippen LogP contribution in [0.25, 0.3) is 11.0 Å². The summed E-state index contributed by atoms with van der Waals surface area (Å²) in [7, 11) is 0. The molecule has 18 heavy (non-hydrogen) atoms. The monoisotopic (exact) mass is 263 g/mol. The van der Waals surface area contributed by atoms with Gasteiger partial charge in [0.2, 0.25) is 0 Å². The van der Waals surface area contributed by atoms with Gasteiger partial charge in [-0.15, -0.1) is 0 Å². The summed E-state index contributed by atoms with van der Waals surface area (Å²) >= 11 is 1.81. The van der Waals surface area contributed by atoms with Gasteiger partial charge in [0.05, 0.1) is 11.0 Å². The van der Waals surface area contributed by atoms with E-state index in [1.807, 2.05) is 30.0 Å². The Kier molecular flexibility index (Phi) is 4.66. The summed E-state index contributed by atoms with van der Waals surface area (Å²) < 4.78 is 0. The average molecular weight is 263 g/mol. The maximum atomic E-state index is 4.61. The van der Waals surface area contributed by atoms with Gasteiger partial charge in [0.15, 0.2) is 5.16 Å². The molecule has 0 radical (unpaired) electrons. The van der Waals surface area contributed by atoms with Crippen molar-refractivity contribution in [2.75, 3.05) is 6.54 Å². The fourth-order valence-electron chi connectivity index (χ4n) is 2.15. The van der Waals surface area contributed by atoms with E-state index in [4.69, 9.17) is 0 Å². The van der Waals surface area contributed by atoms with Gasteiger partial charge >= 0.3 is 0 Å². The van der Waals surface area contributed by atoms with E-state index in [-0.39, 0.29) is 0 Å². The van der Waals surface area contributed by atoms with Gasteiger partial charge in [0.1, 0.15) is 0 Å². The van der Waals surface area contributed by atoms with Crippen molar-refractivity contribution in [3.05, 3.63) is 24.3 Å². The maximum Gasteiger partial charge on any atom is 0.166 e. The van der Waals surface area contributed by atoms with Gasteiger partial charge in [0, 0.05) is 11.3 Å². The van der Waals surface area contributed by atoms with Gasteiger partial charge in [-0.3, -0.25) is 0 Å². The van der Waals surface area contributed by atoms with Gasteiger partial charge < -0.3 is 10.3 Å². The van der Waals surface area contributed by atoms with Crippen molar-refractivity contribution >= 4 is 22.8 Å². The fraction of sp³-hybridized carbons (Fsp3) is 0.500. The van der Waals surface area contributed by atoms with Crippen LogP contribution in [0, 0.1) is 0 Å². The highest BCUT2D eigenvalue weighted by molar-refractivity contribution is 7.99. The van der Waals surface area contributed by atoms with Crippen LogP contribution in [-0.4, -0.2) is 27.8 Å². The summed E-state index contributed by atoms with van der Waals surface area (Å²) in [6.07, 6.45) is 1.14. The Labute approximate surface area is 113 Å². The number of benzene rings is 1. The number of aromatic nitrogens is 2. The van der Waals surface area contributed by atoms with E-state index in [2.05, 4.69) is 42.1 Å². The molecule has 1 heterocycles. The Balaban J connectivity index is 2.08. The minimum Gasteiger partial charge on any atom is -0.333 e. The van der Waals surface area contributed by atoms with Crippen LogP contribution in [0.15, 0.2) is 29.4 Å². The van der Waals surface area contributed by atoms with Gasteiger partial charge in [0.25, 0.3) is 0 Å². The first-order valence-corrected chi connectivity index (χ1v) is 7.47. The molecule has 2 rings (SSSR count). The fourth-order valence-corrected chi connectivity index (χ4v) is 3.27. The first kappa shape index (κ1) is 13.4. The molecule has 3 nitrogen and oxygen atoms in total. The summed E-state index contributed by atoms with van der Waals surface area (Å²) in [4.78, 5) is 7.98. The number of nitrogens with one attached hydrogen (secondary N) is 2. The number of imidazole rings is 1. The largest absolute Gasteiger partial charge is 0.333 e. The molecule has 0 spiro atoms. The van der Waals surface area contributed by atoms with Gasteiger partial charge in [-0.05, 0) is 25.1 Å². The molecule has 1 aromatic carbocycles. The zero-order chi connectivity index (χ0) is 13.0. The van der Waals surface area contributed by atoms with E-state index in [0.29, 0.717) is 11.3 Å². The number of H-pyrrole nitrogens is 1. The number of hydrogen-bond donors (Lipinski definition) is 2. The summed E-state index contributed by atoms with van der Waals surface area (Å²) in [5.41, 5.74) is 2.16. The molecule has 0 aliphatic carbocycles. The number of hydrogen-bond acceptors (Lipinski definition) is 3. The lowest BCUT2D eigenvalue weighted by atomic mass is 10.2. The molecule has 0 bridgehead atoms. The van der Waals surface area contributed by atoms with Crippen LogP contribution in [0.4, 0.5) is 0 Å². The first-order valence-electron chi connectivity index (χ1n) is 6.59. The van der Waals surface area contributed by atoms with Crippen LogP contribution in [0.2, 0.25) is 0 Å². The maximum absolute atomic E-state index is 4.61. The number of para-hydroxylation sites is 2. The summed E-state index contributed by atoms with van der Waals surface area (Å²) in [6, 6.07) is 8.70. The Hall–Kier alpha value is -1.00. The summed E-state index contributed by atoms with van der Waals surface area (Å²) in [6.45, 7) is 7.66. The van der Waals surface area contributed by atoms with Crippen LogP contribution in [0.1, 0.15) is 27.2 Å². The molecule has 0 saturated carbocycles. The Morgan fingerprint density at radius 1 is 1.33 bits per heavy atom. The smallest absolute Gasteiger partial charge is 0.166 e. The first-order chi connectivity index (χ1) is 8.74. The quantitative estimate of drug-likeness (QED) is 0.784. The third-order valence-electron chi connectivity index (χ3n) is 3.14. The Morgan fingerprint density at radius 3 is 2.78 bits per heavy atom. The van der Waals surface area contributed by atoms with Crippen LogP contribution in [0.3, 0.4) is 0 Å². The van der Waals surface area contributed by atoms with Crippen LogP contribution >= 0.6 is 11.8 Å². The number of fused-ring (bicyclic) bond motifs is 1. The van der Waals surface area contributed by atoms with Gasteiger partial charge in [-0.1, -0.05) is 44.7 Å². The molecule has 4 heteroatoms. The highest BCUT2D eigenvalue weighted by Crippen LogP contribution is 2.25. The molecular formula is C14H21N3S. The van der Waals surface area contributed by atoms with E-state index in [1.165, 1.54) is 0 Å². The molecule has 2 atom stereocenters. The molecular weight excluding hydrogens is 242 g/mol. The lowest BCUT2D eigenvalue weighted by Gasteiger charge is -2.21. The third kappa shape index (κ3) is 3.06. The second kappa shape index (κ2) is 6.25. The molecule has 98 valence electrons. The van der Waals surface area contributed by atoms with Crippen LogP contribution in [0.5, 0.6) is 0 Å².